The third kappa shape index (κ3) is 6.22. The lowest BCUT2D eigenvalue weighted by Gasteiger charge is -2.26. The Balaban J connectivity index is 2.00. The number of benzene rings is 2. The van der Waals surface area contributed by atoms with Crippen LogP contribution in [0.15, 0.2) is 36.4 Å². The molecule has 0 N–H and O–H groups in total. The van der Waals surface area contributed by atoms with E-state index in [9.17, 15) is 13.2 Å². The molecular formula is C20H28N2O4S. The number of ether oxygens (including phenoxy) is 1. The molecule has 6 nitrogen and oxygen atoms in total. The summed E-state index contributed by atoms with van der Waals surface area (Å²) in [5.74, 6) is 0.802. The van der Waals surface area contributed by atoms with Gasteiger partial charge in [0, 0.05) is 25.9 Å². The number of rotatable bonds is 8. The number of methoxy groups -OCH3 is 1. The first-order valence-electron chi connectivity index (χ1n) is 8.77. The Hall–Kier alpha value is -2.12. The molecule has 0 aliphatic heterocycles. The van der Waals surface area contributed by atoms with Crippen LogP contribution >= 0.6 is 0 Å². The third-order valence-corrected chi connectivity index (χ3v) is 5.73. The van der Waals surface area contributed by atoms with Crippen molar-refractivity contribution in [1.82, 2.24) is 9.80 Å². The first kappa shape index (κ1) is 21.2. The minimum atomic E-state index is -3.07. The summed E-state index contributed by atoms with van der Waals surface area (Å²) in [6.07, 6.45) is 1.21. The van der Waals surface area contributed by atoms with Crippen molar-refractivity contribution in [3.63, 3.8) is 0 Å². The van der Waals surface area contributed by atoms with Gasteiger partial charge in [0.25, 0.3) is 0 Å². The van der Waals surface area contributed by atoms with Crippen molar-refractivity contribution in [2.45, 2.75) is 19.5 Å². The Labute approximate surface area is 161 Å². The van der Waals surface area contributed by atoms with Crippen LogP contribution in [0.3, 0.4) is 0 Å². The lowest BCUT2D eigenvalue weighted by Crippen LogP contribution is -2.42. The predicted molar refractivity (Wildman–Crippen MR) is 109 cm³/mol. The molecule has 7 heteroatoms. The predicted octanol–water partition coefficient (Wildman–Crippen LogP) is 2.17. The summed E-state index contributed by atoms with van der Waals surface area (Å²) >= 11 is 0. The van der Waals surface area contributed by atoms with Gasteiger partial charge in [-0.25, -0.2) is 8.42 Å². The minimum Gasteiger partial charge on any atom is -0.497 e. The van der Waals surface area contributed by atoms with E-state index in [1.54, 1.807) is 31.0 Å². The average molecular weight is 393 g/mol. The minimum absolute atomic E-state index is 0.0363. The second-order valence-electron chi connectivity index (χ2n) is 7.15. The highest BCUT2D eigenvalue weighted by Gasteiger charge is 2.19. The standard InChI is InChI=1S/C20H28N2O4S/c1-15(14-27(5,24)25)21(2)13-20(23)22(3)12-16-6-7-18-11-19(26-4)9-8-17(18)10-16/h6-11,15H,12-14H2,1-5H3. The number of carbonyl (C=O) groups is 1. The molecule has 0 radical (unpaired) electrons. The molecule has 0 aliphatic rings. The fourth-order valence-electron chi connectivity index (χ4n) is 2.92. The Morgan fingerprint density at radius 3 is 2.37 bits per heavy atom. The Kier molecular flexibility index (Phi) is 6.84. The van der Waals surface area contributed by atoms with Crippen LogP contribution in [0.25, 0.3) is 10.8 Å². The number of hydrogen-bond acceptors (Lipinski definition) is 5. The van der Waals surface area contributed by atoms with Crippen molar-refractivity contribution >= 4 is 26.5 Å². The maximum atomic E-state index is 12.5. The number of fused-ring (bicyclic) bond motifs is 1. The van der Waals surface area contributed by atoms with Crippen molar-refractivity contribution in [2.24, 2.45) is 0 Å². The van der Waals surface area contributed by atoms with Gasteiger partial charge in [0.05, 0.1) is 19.4 Å². The molecule has 0 fully saturated rings. The molecule has 2 rings (SSSR count). The Morgan fingerprint density at radius 2 is 1.74 bits per heavy atom. The van der Waals surface area contributed by atoms with Crippen molar-refractivity contribution in [2.75, 3.05) is 39.8 Å². The van der Waals surface area contributed by atoms with Crippen molar-refractivity contribution in [1.29, 1.82) is 0 Å². The molecule has 1 unspecified atom stereocenters. The van der Waals surface area contributed by atoms with E-state index in [1.807, 2.05) is 37.3 Å². The van der Waals surface area contributed by atoms with Gasteiger partial charge < -0.3 is 9.64 Å². The molecule has 0 saturated carbocycles. The summed E-state index contributed by atoms with van der Waals surface area (Å²) in [5.41, 5.74) is 1.04. The summed E-state index contributed by atoms with van der Waals surface area (Å²) in [4.78, 5) is 15.9. The summed E-state index contributed by atoms with van der Waals surface area (Å²) < 4.78 is 28.1. The highest BCUT2D eigenvalue weighted by Crippen LogP contribution is 2.22. The van der Waals surface area contributed by atoms with Gasteiger partial charge in [-0.3, -0.25) is 9.69 Å². The largest absolute Gasteiger partial charge is 0.497 e. The molecule has 0 spiro atoms. The molecule has 0 bridgehead atoms. The quantitative estimate of drug-likeness (QED) is 0.689. The average Bonchev–Trinajstić information content (AvgIpc) is 2.59. The molecule has 148 valence electrons. The second kappa shape index (κ2) is 8.71. The van der Waals surface area contributed by atoms with Crippen LogP contribution < -0.4 is 4.74 Å². The van der Waals surface area contributed by atoms with Gasteiger partial charge in [-0.05, 0) is 48.5 Å². The normalized spacial score (nSPS) is 13.0. The molecule has 0 heterocycles. The maximum absolute atomic E-state index is 12.5. The SMILES string of the molecule is COc1ccc2cc(CN(C)C(=O)CN(C)C(C)CS(C)(=O)=O)ccc2c1. The first-order chi connectivity index (χ1) is 12.6. The Morgan fingerprint density at radius 1 is 1.11 bits per heavy atom. The van der Waals surface area contributed by atoms with Gasteiger partial charge in [-0.2, -0.15) is 0 Å². The molecule has 1 amide bonds. The maximum Gasteiger partial charge on any atom is 0.236 e. The van der Waals surface area contributed by atoms with Gasteiger partial charge >= 0.3 is 0 Å². The van der Waals surface area contributed by atoms with Crippen LogP contribution in [0.4, 0.5) is 0 Å². The molecule has 27 heavy (non-hydrogen) atoms. The van der Waals surface area contributed by atoms with E-state index in [-0.39, 0.29) is 24.2 Å². The molecule has 1 atom stereocenters. The van der Waals surface area contributed by atoms with Crippen molar-refractivity contribution < 1.29 is 17.9 Å². The van der Waals surface area contributed by atoms with Crippen molar-refractivity contribution in [3.05, 3.63) is 42.0 Å². The molecular weight excluding hydrogens is 364 g/mol. The highest BCUT2D eigenvalue weighted by atomic mass is 32.2. The topological polar surface area (TPSA) is 66.9 Å². The van der Waals surface area contributed by atoms with E-state index in [0.717, 1.165) is 22.1 Å². The lowest BCUT2D eigenvalue weighted by molar-refractivity contribution is -0.131. The zero-order valence-electron chi connectivity index (χ0n) is 16.6. The zero-order chi connectivity index (χ0) is 20.2. The number of carbonyl (C=O) groups excluding carboxylic acids is 1. The van der Waals surface area contributed by atoms with E-state index < -0.39 is 9.84 Å². The molecule has 2 aromatic carbocycles. The number of amides is 1. The van der Waals surface area contributed by atoms with Crippen LogP contribution in [-0.4, -0.2) is 69.9 Å². The van der Waals surface area contributed by atoms with Crippen LogP contribution in [-0.2, 0) is 21.2 Å². The highest BCUT2D eigenvalue weighted by molar-refractivity contribution is 7.90. The molecule has 0 aromatic heterocycles. The lowest BCUT2D eigenvalue weighted by atomic mass is 10.1. The first-order valence-corrected chi connectivity index (χ1v) is 10.8. The number of nitrogens with zero attached hydrogens (tertiary/aromatic N) is 2. The summed E-state index contributed by atoms with van der Waals surface area (Å²) in [7, 11) is 2.10. The van der Waals surface area contributed by atoms with Gasteiger partial charge in [-0.1, -0.05) is 18.2 Å². The van der Waals surface area contributed by atoms with E-state index >= 15 is 0 Å². The van der Waals surface area contributed by atoms with E-state index in [1.165, 1.54) is 6.26 Å². The molecule has 2 aromatic rings. The van der Waals surface area contributed by atoms with Crippen molar-refractivity contribution in [3.8, 4) is 5.75 Å². The van der Waals surface area contributed by atoms with Gasteiger partial charge in [0.1, 0.15) is 15.6 Å². The number of hydrogen-bond donors (Lipinski definition) is 0. The van der Waals surface area contributed by atoms with Gasteiger partial charge in [0.15, 0.2) is 0 Å². The number of sulfone groups is 1. The van der Waals surface area contributed by atoms with Crippen LogP contribution in [0.2, 0.25) is 0 Å². The van der Waals surface area contributed by atoms with Crippen LogP contribution in [0.1, 0.15) is 12.5 Å². The van der Waals surface area contributed by atoms with Gasteiger partial charge in [-0.15, -0.1) is 0 Å². The van der Waals surface area contributed by atoms with E-state index in [0.29, 0.717) is 6.54 Å². The fourth-order valence-corrected chi connectivity index (χ4v) is 4.05. The second-order valence-corrected chi connectivity index (χ2v) is 9.34. The number of likely N-dealkylation sites (N-methyl/N-ethyl adjacent to an activating group) is 2. The summed E-state index contributed by atoms with van der Waals surface area (Å²) in [6, 6.07) is 11.8. The monoisotopic (exact) mass is 392 g/mol. The zero-order valence-corrected chi connectivity index (χ0v) is 17.4. The summed E-state index contributed by atoms with van der Waals surface area (Å²) in [5, 5.41) is 2.18. The fraction of sp³-hybridized carbons (Fsp3) is 0.450. The van der Waals surface area contributed by atoms with Gasteiger partial charge in [0.2, 0.25) is 5.91 Å². The van der Waals surface area contributed by atoms with E-state index in [4.69, 9.17) is 4.74 Å². The smallest absolute Gasteiger partial charge is 0.236 e. The third-order valence-electron chi connectivity index (χ3n) is 4.64. The molecule has 0 saturated heterocycles. The molecule has 0 aliphatic carbocycles. The van der Waals surface area contributed by atoms with E-state index in [2.05, 4.69) is 6.07 Å². The Bertz CT molecular complexity index is 911. The van der Waals surface area contributed by atoms with Crippen LogP contribution in [0.5, 0.6) is 5.75 Å². The van der Waals surface area contributed by atoms with Crippen LogP contribution in [0, 0.1) is 0 Å². The summed E-state index contributed by atoms with van der Waals surface area (Å²) in [6.45, 7) is 2.49.